The summed E-state index contributed by atoms with van der Waals surface area (Å²) in [6.07, 6.45) is 0. The number of rotatable bonds is 3. The molecule has 8 aromatic rings. The highest BCUT2D eigenvalue weighted by Gasteiger charge is 2.57. The lowest BCUT2D eigenvalue weighted by atomic mass is 9.59. The van der Waals surface area contributed by atoms with E-state index >= 15 is 0 Å². The molecule has 0 spiro atoms. The maximum absolute atomic E-state index is 2.52. The highest BCUT2D eigenvalue weighted by atomic mass is 15.0. The molecular weight excluding hydrogens is 569 g/mol. The van der Waals surface area contributed by atoms with Gasteiger partial charge in [-0.2, -0.15) is 0 Å². The van der Waals surface area contributed by atoms with Crippen molar-refractivity contribution in [2.24, 2.45) is 5.41 Å². The standard InChI is InChI=1S/C45H40N2/c1-43(2)37-27-36-35-20-12-15-23-41(35)47(42(36)28-38(37)44(3,4)45(43,5)6)32-25-30(29-16-8-7-9-17-29)24-31(26-32)46-39-21-13-10-18-33(39)34-19-11-14-22-40(34)46/h7-28H,1-6H3. The normalized spacial score (nSPS) is 16.4. The Morgan fingerprint density at radius 3 is 1.32 bits per heavy atom. The molecule has 0 radical (unpaired) electrons. The molecule has 0 amide bonds. The van der Waals surface area contributed by atoms with Gasteiger partial charge in [-0.15, -0.1) is 0 Å². The molecular formula is C45H40N2. The molecule has 2 heterocycles. The molecule has 47 heavy (non-hydrogen) atoms. The largest absolute Gasteiger partial charge is 0.309 e. The Bertz CT molecular complexity index is 2480. The maximum atomic E-state index is 2.52. The van der Waals surface area contributed by atoms with Gasteiger partial charge in [-0.3, -0.25) is 0 Å². The molecule has 230 valence electrons. The van der Waals surface area contributed by atoms with E-state index < -0.39 is 0 Å². The first kappa shape index (κ1) is 28.2. The van der Waals surface area contributed by atoms with E-state index in [1.54, 1.807) is 0 Å². The van der Waals surface area contributed by atoms with Gasteiger partial charge in [0, 0.05) is 32.9 Å². The summed E-state index contributed by atoms with van der Waals surface area (Å²) in [6, 6.07) is 49.5. The van der Waals surface area contributed by atoms with E-state index in [-0.39, 0.29) is 16.2 Å². The molecule has 2 aromatic heterocycles. The van der Waals surface area contributed by atoms with Crippen molar-refractivity contribution in [1.82, 2.24) is 9.13 Å². The SMILES string of the molecule is CC1(C)c2cc3c4ccccc4n(-c4cc(-c5ccccc5)cc(-n5c6ccccc6c6ccccc65)c4)c3cc2C(C)(C)C1(C)C. The maximum Gasteiger partial charge on any atom is 0.0544 e. The summed E-state index contributed by atoms with van der Waals surface area (Å²) in [5, 5.41) is 5.17. The van der Waals surface area contributed by atoms with E-state index in [0.717, 1.165) is 5.69 Å². The fraction of sp³-hybridized carbons (Fsp3) is 0.200. The van der Waals surface area contributed by atoms with Gasteiger partial charge >= 0.3 is 0 Å². The van der Waals surface area contributed by atoms with E-state index in [2.05, 4.69) is 184 Å². The van der Waals surface area contributed by atoms with E-state index in [9.17, 15) is 0 Å². The zero-order chi connectivity index (χ0) is 32.3. The quantitative estimate of drug-likeness (QED) is 0.189. The van der Waals surface area contributed by atoms with Crippen LogP contribution in [-0.4, -0.2) is 9.13 Å². The Kier molecular flexibility index (Phi) is 5.68. The second-order valence-corrected chi connectivity index (χ2v) is 15.1. The first-order chi connectivity index (χ1) is 22.6. The van der Waals surface area contributed by atoms with Gasteiger partial charge in [0.05, 0.1) is 22.1 Å². The summed E-state index contributed by atoms with van der Waals surface area (Å²) in [5.41, 5.74) is 12.8. The first-order valence-corrected chi connectivity index (χ1v) is 16.9. The number of fused-ring (bicyclic) bond motifs is 7. The second kappa shape index (κ2) is 9.48. The van der Waals surface area contributed by atoms with Crippen LogP contribution in [0, 0.1) is 5.41 Å². The molecule has 0 saturated heterocycles. The third kappa shape index (κ3) is 3.67. The molecule has 0 fully saturated rings. The monoisotopic (exact) mass is 608 g/mol. The Hall–Kier alpha value is -5.08. The summed E-state index contributed by atoms with van der Waals surface area (Å²) in [4.78, 5) is 0. The molecule has 0 saturated carbocycles. The molecule has 0 N–H and O–H groups in total. The first-order valence-electron chi connectivity index (χ1n) is 16.9. The highest BCUT2D eigenvalue weighted by molar-refractivity contribution is 6.11. The molecule has 1 aliphatic carbocycles. The van der Waals surface area contributed by atoms with E-state index in [1.165, 1.54) is 71.6 Å². The Balaban J connectivity index is 1.41. The number of para-hydroxylation sites is 3. The minimum atomic E-state index is 0.0152. The van der Waals surface area contributed by atoms with Crippen molar-refractivity contribution in [2.75, 3.05) is 0 Å². The topological polar surface area (TPSA) is 9.86 Å². The van der Waals surface area contributed by atoms with Crippen molar-refractivity contribution in [2.45, 2.75) is 52.4 Å². The van der Waals surface area contributed by atoms with Crippen LogP contribution in [0.1, 0.15) is 52.7 Å². The van der Waals surface area contributed by atoms with Crippen LogP contribution < -0.4 is 0 Å². The van der Waals surface area contributed by atoms with Gasteiger partial charge in [0.1, 0.15) is 0 Å². The number of hydrogen-bond donors (Lipinski definition) is 0. The molecule has 6 aromatic carbocycles. The van der Waals surface area contributed by atoms with Crippen LogP contribution in [0.3, 0.4) is 0 Å². The number of hydrogen-bond acceptors (Lipinski definition) is 0. The fourth-order valence-electron chi connectivity index (χ4n) is 8.63. The second-order valence-electron chi connectivity index (χ2n) is 15.1. The third-order valence-electron chi connectivity index (χ3n) is 12.4. The van der Waals surface area contributed by atoms with Crippen molar-refractivity contribution < 1.29 is 0 Å². The van der Waals surface area contributed by atoms with Crippen LogP contribution in [-0.2, 0) is 10.8 Å². The van der Waals surface area contributed by atoms with Crippen LogP contribution in [0.15, 0.2) is 133 Å². The summed E-state index contributed by atoms with van der Waals surface area (Å²) in [5.74, 6) is 0. The Labute approximate surface area is 276 Å². The van der Waals surface area contributed by atoms with Gasteiger partial charge in [0.15, 0.2) is 0 Å². The van der Waals surface area contributed by atoms with Crippen LogP contribution in [0.4, 0.5) is 0 Å². The van der Waals surface area contributed by atoms with Crippen LogP contribution in [0.25, 0.3) is 66.1 Å². The van der Waals surface area contributed by atoms with Gasteiger partial charge in [-0.25, -0.2) is 0 Å². The van der Waals surface area contributed by atoms with Crippen molar-refractivity contribution in [1.29, 1.82) is 0 Å². The van der Waals surface area contributed by atoms with Crippen LogP contribution in [0.2, 0.25) is 0 Å². The van der Waals surface area contributed by atoms with Gasteiger partial charge in [-0.05, 0) is 87.0 Å². The van der Waals surface area contributed by atoms with Crippen molar-refractivity contribution in [3.8, 4) is 22.5 Å². The Morgan fingerprint density at radius 1 is 0.362 bits per heavy atom. The van der Waals surface area contributed by atoms with Crippen molar-refractivity contribution in [3.63, 3.8) is 0 Å². The molecule has 2 heteroatoms. The van der Waals surface area contributed by atoms with Gasteiger partial charge in [0.25, 0.3) is 0 Å². The molecule has 0 unspecified atom stereocenters. The Morgan fingerprint density at radius 2 is 0.787 bits per heavy atom. The number of nitrogens with zero attached hydrogens (tertiary/aromatic N) is 2. The zero-order valence-electron chi connectivity index (χ0n) is 28.1. The highest BCUT2D eigenvalue weighted by Crippen LogP contribution is 2.62. The predicted octanol–water partition coefficient (Wildman–Crippen LogP) is 12.1. The zero-order valence-corrected chi connectivity index (χ0v) is 28.1. The van der Waals surface area contributed by atoms with Gasteiger partial charge in [0.2, 0.25) is 0 Å². The molecule has 9 rings (SSSR count). The minimum Gasteiger partial charge on any atom is -0.309 e. The van der Waals surface area contributed by atoms with Crippen LogP contribution >= 0.6 is 0 Å². The lowest BCUT2D eigenvalue weighted by Crippen LogP contribution is -2.42. The lowest BCUT2D eigenvalue weighted by Gasteiger charge is -2.44. The average molecular weight is 609 g/mol. The molecule has 2 nitrogen and oxygen atoms in total. The number of benzene rings is 6. The third-order valence-corrected chi connectivity index (χ3v) is 12.4. The summed E-state index contributed by atoms with van der Waals surface area (Å²) < 4.78 is 4.96. The summed E-state index contributed by atoms with van der Waals surface area (Å²) in [7, 11) is 0. The fourth-order valence-corrected chi connectivity index (χ4v) is 8.63. The lowest BCUT2D eigenvalue weighted by molar-refractivity contribution is 0.125. The minimum absolute atomic E-state index is 0.0152. The smallest absolute Gasteiger partial charge is 0.0544 e. The molecule has 0 atom stereocenters. The summed E-state index contributed by atoms with van der Waals surface area (Å²) in [6.45, 7) is 14.7. The van der Waals surface area contributed by atoms with Gasteiger partial charge in [-0.1, -0.05) is 126 Å². The van der Waals surface area contributed by atoms with Crippen LogP contribution in [0.5, 0.6) is 0 Å². The van der Waals surface area contributed by atoms with Crippen molar-refractivity contribution >= 4 is 43.6 Å². The predicted molar refractivity (Wildman–Crippen MR) is 200 cm³/mol. The molecule has 0 aliphatic heterocycles. The van der Waals surface area contributed by atoms with Gasteiger partial charge < -0.3 is 9.13 Å². The number of aromatic nitrogens is 2. The van der Waals surface area contributed by atoms with E-state index in [1.807, 2.05) is 0 Å². The molecule has 1 aliphatic rings. The van der Waals surface area contributed by atoms with Crippen molar-refractivity contribution in [3.05, 3.63) is 145 Å². The molecule has 0 bridgehead atoms. The average Bonchev–Trinajstić information content (AvgIpc) is 3.63. The summed E-state index contributed by atoms with van der Waals surface area (Å²) >= 11 is 0. The van der Waals surface area contributed by atoms with E-state index in [0.29, 0.717) is 0 Å². The van der Waals surface area contributed by atoms with E-state index in [4.69, 9.17) is 0 Å².